The fourth-order valence-corrected chi connectivity index (χ4v) is 2.56. The van der Waals surface area contributed by atoms with E-state index < -0.39 is 0 Å². The Morgan fingerprint density at radius 3 is 2.80 bits per heavy atom. The molecule has 20 heavy (non-hydrogen) atoms. The summed E-state index contributed by atoms with van der Waals surface area (Å²) in [6.45, 7) is 0.748. The van der Waals surface area contributed by atoms with Crippen molar-refractivity contribution in [2.75, 3.05) is 13.2 Å². The van der Waals surface area contributed by atoms with Crippen LogP contribution in [-0.4, -0.2) is 50.1 Å². The molecule has 0 saturated carbocycles. The molecule has 1 fully saturated rings. The molecule has 3 rings (SSSR count). The minimum Gasteiger partial charge on any atom is -0.394 e. The van der Waals surface area contributed by atoms with Crippen LogP contribution >= 0.6 is 0 Å². The molecule has 6 heteroatoms. The molecule has 6 nitrogen and oxygen atoms in total. The van der Waals surface area contributed by atoms with Crippen LogP contribution in [0.1, 0.15) is 23.2 Å². The van der Waals surface area contributed by atoms with Gasteiger partial charge in [0.2, 0.25) is 0 Å². The lowest BCUT2D eigenvalue weighted by molar-refractivity contribution is 0.0677. The predicted molar refractivity (Wildman–Crippen MR) is 72.5 cm³/mol. The molecule has 1 amide bonds. The van der Waals surface area contributed by atoms with Crippen molar-refractivity contribution in [3.63, 3.8) is 0 Å². The quantitative estimate of drug-likeness (QED) is 0.899. The van der Waals surface area contributed by atoms with Gasteiger partial charge < -0.3 is 10.0 Å². The third kappa shape index (κ3) is 2.30. The SMILES string of the molecule is O=C(c1ccc(-n2ccnn2)cc1)N1CCC[C@@H]1CO. The summed E-state index contributed by atoms with van der Waals surface area (Å²) < 4.78 is 1.64. The molecule has 0 aliphatic carbocycles. The molecule has 2 heterocycles. The molecular formula is C14H16N4O2. The monoisotopic (exact) mass is 272 g/mol. The zero-order valence-electron chi connectivity index (χ0n) is 11.0. The van der Waals surface area contributed by atoms with Gasteiger partial charge in [0.05, 0.1) is 30.7 Å². The summed E-state index contributed by atoms with van der Waals surface area (Å²) in [5.41, 5.74) is 1.49. The Bertz CT molecular complexity index is 580. The van der Waals surface area contributed by atoms with E-state index in [-0.39, 0.29) is 18.6 Å². The van der Waals surface area contributed by atoms with Gasteiger partial charge in [0.25, 0.3) is 5.91 Å². The van der Waals surface area contributed by atoms with Crippen LogP contribution in [-0.2, 0) is 0 Å². The molecule has 2 aromatic rings. The van der Waals surface area contributed by atoms with E-state index >= 15 is 0 Å². The highest BCUT2D eigenvalue weighted by molar-refractivity contribution is 5.94. The van der Waals surface area contributed by atoms with Gasteiger partial charge in [-0.3, -0.25) is 4.79 Å². The maximum atomic E-state index is 12.4. The molecule has 104 valence electrons. The molecule has 1 aliphatic heterocycles. The molecule has 0 spiro atoms. The van der Waals surface area contributed by atoms with E-state index in [2.05, 4.69) is 10.3 Å². The van der Waals surface area contributed by atoms with Crippen LogP contribution < -0.4 is 0 Å². The van der Waals surface area contributed by atoms with Gasteiger partial charge in [-0.2, -0.15) is 0 Å². The Kier molecular flexibility index (Phi) is 3.47. The van der Waals surface area contributed by atoms with E-state index in [1.165, 1.54) is 0 Å². The zero-order valence-corrected chi connectivity index (χ0v) is 11.0. The van der Waals surface area contributed by atoms with Crippen molar-refractivity contribution < 1.29 is 9.90 Å². The van der Waals surface area contributed by atoms with Crippen molar-refractivity contribution in [2.24, 2.45) is 0 Å². The fraction of sp³-hybridized carbons (Fsp3) is 0.357. The van der Waals surface area contributed by atoms with Crippen molar-refractivity contribution in [1.29, 1.82) is 0 Å². The fourth-order valence-electron chi connectivity index (χ4n) is 2.56. The maximum Gasteiger partial charge on any atom is 0.254 e. The summed E-state index contributed by atoms with van der Waals surface area (Å²) in [5, 5.41) is 16.9. The van der Waals surface area contributed by atoms with Crippen LogP contribution in [0.2, 0.25) is 0 Å². The lowest BCUT2D eigenvalue weighted by Crippen LogP contribution is -2.37. The molecule has 1 aromatic carbocycles. The summed E-state index contributed by atoms with van der Waals surface area (Å²) in [6.07, 6.45) is 5.18. The summed E-state index contributed by atoms with van der Waals surface area (Å²) in [5.74, 6) is -0.0216. The largest absolute Gasteiger partial charge is 0.394 e. The van der Waals surface area contributed by atoms with Gasteiger partial charge >= 0.3 is 0 Å². The molecule has 0 bridgehead atoms. The number of hydrogen-bond acceptors (Lipinski definition) is 4. The Labute approximate surface area is 116 Å². The Balaban J connectivity index is 1.79. The van der Waals surface area contributed by atoms with E-state index in [4.69, 9.17) is 0 Å². The van der Waals surface area contributed by atoms with Gasteiger partial charge in [-0.1, -0.05) is 5.21 Å². The van der Waals surface area contributed by atoms with E-state index in [1.54, 1.807) is 34.1 Å². The first kappa shape index (κ1) is 12.8. The molecule has 1 aromatic heterocycles. The van der Waals surface area contributed by atoms with Crippen LogP contribution in [0.15, 0.2) is 36.7 Å². The lowest BCUT2D eigenvalue weighted by Gasteiger charge is -2.23. The minimum absolute atomic E-state index is 0.0216. The van der Waals surface area contributed by atoms with E-state index in [1.807, 2.05) is 12.1 Å². The van der Waals surface area contributed by atoms with Crippen LogP contribution in [0.5, 0.6) is 0 Å². The van der Waals surface area contributed by atoms with E-state index in [9.17, 15) is 9.90 Å². The van der Waals surface area contributed by atoms with Gasteiger partial charge in [0.1, 0.15) is 0 Å². The second-order valence-corrected chi connectivity index (χ2v) is 4.87. The standard InChI is InChI=1S/C14H16N4O2/c19-10-13-2-1-8-17(13)14(20)11-3-5-12(6-4-11)18-9-7-15-16-18/h3-7,9,13,19H,1-2,8,10H2/t13-/m1/s1. The highest BCUT2D eigenvalue weighted by atomic mass is 16.3. The van der Waals surface area contributed by atoms with Gasteiger partial charge in [0.15, 0.2) is 0 Å². The van der Waals surface area contributed by atoms with Gasteiger partial charge in [-0.25, -0.2) is 4.68 Å². The summed E-state index contributed by atoms with van der Waals surface area (Å²) in [6, 6.07) is 7.20. The van der Waals surface area contributed by atoms with E-state index in [0.717, 1.165) is 25.1 Å². The van der Waals surface area contributed by atoms with Crippen LogP contribution in [0.4, 0.5) is 0 Å². The topological polar surface area (TPSA) is 71.2 Å². The van der Waals surface area contributed by atoms with Gasteiger partial charge in [-0.15, -0.1) is 5.10 Å². The van der Waals surface area contributed by atoms with Crippen molar-refractivity contribution in [2.45, 2.75) is 18.9 Å². The predicted octanol–water partition coefficient (Wildman–Crippen LogP) is 0.864. The Hall–Kier alpha value is -2.21. The molecule has 1 atom stereocenters. The number of aliphatic hydroxyl groups is 1. The Morgan fingerprint density at radius 2 is 2.15 bits per heavy atom. The summed E-state index contributed by atoms with van der Waals surface area (Å²) in [7, 11) is 0. The van der Waals surface area contributed by atoms with Gasteiger partial charge in [-0.05, 0) is 37.1 Å². The molecule has 1 saturated heterocycles. The number of aromatic nitrogens is 3. The van der Waals surface area contributed by atoms with Crippen LogP contribution in [0.25, 0.3) is 5.69 Å². The van der Waals surface area contributed by atoms with Gasteiger partial charge in [0, 0.05) is 12.1 Å². The first-order valence-corrected chi connectivity index (χ1v) is 6.68. The average molecular weight is 272 g/mol. The second kappa shape index (κ2) is 5.42. The minimum atomic E-state index is -0.0440. The average Bonchev–Trinajstić information content (AvgIpc) is 3.17. The number of carbonyl (C=O) groups is 1. The van der Waals surface area contributed by atoms with Crippen molar-refractivity contribution in [1.82, 2.24) is 19.9 Å². The van der Waals surface area contributed by atoms with Crippen molar-refractivity contribution in [3.05, 3.63) is 42.2 Å². The number of hydrogen-bond donors (Lipinski definition) is 1. The van der Waals surface area contributed by atoms with Crippen molar-refractivity contribution >= 4 is 5.91 Å². The van der Waals surface area contributed by atoms with E-state index in [0.29, 0.717) is 5.56 Å². The second-order valence-electron chi connectivity index (χ2n) is 4.87. The van der Waals surface area contributed by atoms with Crippen LogP contribution in [0.3, 0.4) is 0 Å². The molecular weight excluding hydrogens is 256 g/mol. The number of rotatable bonds is 3. The molecule has 0 radical (unpaired) electrons. The smallest absolute Gasteiger partial charge is 0.254 e. The number of benzene rings is 1. The lowest BCUT2D eigenvalue weighted by atomic mass is 10.1. The first-order valence-electron chi connectivity index (χ1n) is 6.68. The number of nitrogens with zero attached hydrogens (tertiary/aromatic N) is 4. The summed E-state index contributed by atoms with van der Waals surface area (Å²) in [4.78, 5) is 14.1. The first-order chi connectivity index (χ1) is 9.79. The highest BCUT2D eigenvalue weighted by Crippen LogP contribution is 2.20. The maximum absolute atomic E-state index is 12.4. The Morgan fingerprint density at radius 1 is 1.35 bits per heavy atom. The number of aliphatic hydroxyl groups excluding tert-OH is 1. The van der Waals surface area contributed by atoms with Crippen LogP contribution in [0, 0.1) is 0 Å². The number of amides is 1. The number of carbonyl (C=O) groups excluding carboxylic acids is 1. The molecule has 1 N–H and O–H groups in total. The third-order valence-corrected chi connectivity index (χ3v) is 3.65. The zero-order chi connectivity index (χ0) is 13.9. The molecule has 0 unspecified atom stereocenters. The van der Waals surface area contributed by atoms with Crippen molar-refractivity contribution in [3.8, 4) is 5.69 Å². The normalized spacial score (nSPS) is 18.4. The third-order valence-electron chi connectivity index (χ3n) is 3.65. The number of likely N-dealkylation sites (tertiary alicyclic amines) is 1. The molecule has 1 aliphatic rings. The summed E-state index contributed by atoms with van der Waals surface area (Å²) >= 11 is 0. The highest BCUT2D eigenvalue weighted by Gasteiger charge is 2.28.